The number of hydrogen-bond acceptors (Lipinski definition) is 6. The first-order valence-corrected chi connectivity index (χ1v) is 10.1. The quantitative estimate of drug-likeness (QED) is 0.374. The Morgan fingerprint density at radius 1 is 1.03 bits per heavy atom. The number of rotatable bonds is 7. The highest BCUT2D eigenvalue weighted by Gasteiger charge is 2.09. The molecule has 0 bridgehead atoms. The number of nitrogens with zero attached hydrogens (tertiary/aromatic N) is 2. The summed E-state index contributed by atoms with van der Waals surface area (Å²) in [4.78, 5) is 21.4. The van der Waals surface area contributed by atoms with Crippen molar-refractivity contribution in [1.29, 1.82) is 0 Å². The maximum atomic E-state index is 11.0. The Kier molecular flexibility index (Phi) is 5.59. The number of nitrogens with one attached hydrogen (secondary N) is 2. The molecular weight excluding hydrogens is 408 g/mol. The lowest BCUT2D eigenvalue weighted by Gasteiger charge is -2.12. The molecule has 2 aromatic heterocycles. The molecule has 0 unspecified atom stereocenters. The van der Waals surface area contributed by atoms with Gasteiger partial charge in [-0.2, -0.15) is 4.98 Å². The van der Waals surface area contributed by atoms with Crippen LogP contribution in [0.5, 0.6) is 0 Å². The predicted octanol–water partition coefficient (Wildman–Crippen LogP) is 5.27. The van der Waals surface area contributed by atoms with Gasteiger partial charge in [-0.3, -0.25) is 0 Å². The van der Waals surface area contributed by atoms with E-state index in [1.807, 2.05) is 23.6 Å². The average molecular weight is 425 g/mol. The Morgan fingerprint density at radius 2 is 1.86 bits per heavy atom. The number of thiophene rings is 1. The molecular formula is C21H17ClN4O2S. The van der Waals surface area contributed by atoms with Gasteiger partial charge in [0, 0.05) is 21.8 Å². The van der Waals surface area contributed by atoms with E-state index in [-0.39, 0.29) is 5.56 Å². The number of aromatic nitrogens is 2. The van der Waals surface area contributed by atoms with E-state index in [2.05, 4.69) is 26.7 Å². The Bertz CT molecular complexity index is 1150. The van der Waals surface area contributed by atoms with Gasteiger partial charge in [0.25, 0.3) is 0 Å². The third kappa shape index (κ3) is 4.64. The molecule has 0 amide bonds. The number of hydrogen-bond donors (Lipinski definition) is 3. The van der Waals surface area contributed by atoms with Crippen LogP contribution >= 0.6 is 22.9 Å². The molecule has 2 heterocycles. The maximum Gasteiger partial charge on any atom is 0.335 e. The highest BCUT2D eigenvalue weighted by atomic mass is 35.5. The summed E-state index contributed by atoms with van der Waals surface area (Å²) in [7, 11) is 0. The summed E-state index contributed by atoms with van der Waals surface area (Å²) in [6, 6.07) is 16.3. The van der Waals surface area contributed by atoms with Crippen LogP contribution in [0.15, 0.2) is 60.0 Å². The molecule has 146 valence electrons. The fourth-order valence-corrected chi connectivity index (χ4v) is 3.66. The van der Waals surface area contributed by atoms with Crippen LogP contribution in [0.2, 0.25) is 5.02 Å². The van der Waals surface area contributed by atoms with Gasteiger partial charge in [0.2, 0.25) is 5.95 Å². The van der Waals surface area contributed by atoms with Crippen molar-refractivity contribution < 1.29 is 9.90 Å². The fraction of sp³-hybridized carbons (Fsp3) is 0.0952. The molecule has 0 aliphatic rings. The minimum atomic E-state index is -0.942. The number of carbonyl (C=O) groups is 1. The van der Waals surface area contributed by atoms with Crippen LogP contribution in [-0.2, 0) is 13.1 Å². The lowest BCUT2D eigenvalue weighted by Crippen LogP contribution is -2.08. The lowest BCUT2D eigenvalue weighted by atomic mass is 10.1. The van der Waals surface area contributed by atoms with Crippen LogP contribution < -0.4 is 10.6 Å². The molecule has 0 aliphatic heterocycles. The number of carboxylic acids is 1. The molecule has 2 aromatic carbocycles. The van der Waals surface area contributed by atoms with E-state index in [1.165, 1.54) is 4.88 Å². The lowest BCUT2D eigenvalue weighted by molar-refractivity contribution is 0.0697. The van der Waals surface area contributed by atoms with Gasteiger partial charge >= 0.3 is 5.97 Å². The molecule has 4 aromatic rings. The number of halogens is 1. The van der Waals surface area contributed by atoms with E-state index >= 15 is 0 Å². The second kappa shape index (κ2) is 8.46. The van der Waals surface area contributed by atoms with Crippen LogP contribution in [0.4, 0.5) is 11.8 Å². The first-order valence-electron chi connectivity index (χ1n) is 8.88. The molecule has 0 saturated carbocycles. The fourth-order valence-electron chi connectivity index (χ4n) is 2.84. The topological polar surface area (TPSA) is 87.1 Å². The highest BCUT2D eigenvalue weighted by molar-refractivity contribution is 7.09. The van der Waals surface area contributed by atoms with Gasteiger partial charge in [0.15, 0.2) is 0 Å². The molecule has 0 aliphatic carbocycles. The van der Waals surface area contributed by atoms with Gasteiger partial charge < -0.3 is 15.7 Å². The van der Waals surface area contributed by atoms with Crippen LogP contribution in [0, 0.1) is 0 Å². The molecule has 3 N–H and O–H groups in total. The van der Waals surface area contributed by atoms with Crippen LogP contribution in [0.25, 0.3) is 10.9 Å². The minimum Gasteiger partial charge on any atom is -0.478 e. The van der Waals surface area contributed by atoms with E-state index < -0.39 is 5.97 Å². The summed E-state index contributed by atoms with van der Waals surface area (Å²) in [5, 5.41) is 19.1. The van der Waals surface area contributed by atoms with Crippen molar-refractivity contribution in [2.45, 2.75) is 13.1 Å². The first-order chi connectivity index (χ1) is 14.1. The summed E-state index contributed by atoms with van der Waals surface area (Å²) in [6.45, 7) is 1.13. The Balaban J connectivity index is 1.58. The summed E-state index contributed by atoms with van der Waals surface area (Å²) in [5.74, 6) is 0.243. The standard InChI is InChI=1S/C21H17ClN4O2S/c22-15-7-8-18-17(10-15)19(23-11-13-3-5-14(6-4-13)20(27)28)26-21(25-18)24-12-16-2-1-9-29-16/h1-10H,11-12H2,(H,27,28)(H2,23,24,25,26). The van der Waals surface area contributed by atoms with Crippen molar-refractivity contribution in [3.8, 4) is 0 Å². The third-order valence-electron chi connectivity index (χ3n) is 4.32. The molecule has 0 spiro atoms. The summed E-state index contributed by atoms with van der Waals surface area (Å²) in [6.07, 6.45) is 0. The summed E-state index contributed by atoms with van der Waals surface area (Å²) < 4.78 is 0. The van der Waals surface area contributed by atoms with Crippen molar-refractivity contribution >= 4 is 51.6 Å². The smallest absolute Gasteiger partial charge is 0.335 e. The largest absolute Gasteiger partial charge is 0.478 e. The Hall–Kier alpha value is -3.16. The van der Waals surface area contributed by atoms with Gasteiger partial charge in [0.05, 0.1) is 17.6 Å². The molecule has 8 heteroatoms. The SMILES string of the molecule is O=C(O)c1ccc(CNc2nc(NCc3cccs3)nc3ccc(Cl)cc23)cc1. The summed E-state index contributed by atoms with van der Waals surface area (Å²) in [5.41, 5.74) is 1.98. The maximum absolute atomic E-state index is 11.0. The van der Waals surface area contributed by atoms with E-state index in [4.69, 9.17) is 16.7 Å². The van der Waals surface area contributed by atoms with Crippen molar-refractivity contribution in [3.05, 3.63) is 81.0 Å². The van der Waals surface area contributed by atoms with Gasteiger partial charge in [0.1, 0.15) is 5.82 Å². The second-order valence-electron chi connectivity index (χ2n) is 6.35. The van der Waals surface area contributed by atoms with Crippen LogP contribution in [-0.4, -0.2) is 21.0 Å². The zero-order chi connectivity index (χ0) is 20.2. The molecule has 29 heavy (non-hydrogen) atoms. The molecule has 0 atom stereocenters. The molecule has 6 nitrogen and oxygen atoms in total. The molecule has 0 fully saturated rings. The van der Waals surface area contributed by atoms with Crippen LogP contribution in [0.3, 0.4) is 0 Å². The number of aromatic carboxylic acids is 1. The van der Waals surface area contributed by atoms with E-state index in [0.29, 0.717) is 29.9 Å². The minimum absolute atomic E-state index is 0.257. The van der Waals surface area contributed by atoms with Crippen molar-refractivity contribution in [2.75, 3.05) is 10.6 Å². The highest BCUT2D eigenvalue weighted by Crippen LogP contribution is 2.26. The number of carboxylic acid groups (broad SMARTS) is 1. The van der Waals surface area contributed by atoms with Gasteiger partial charge in [-0.1, -0.05) is 29.8 Å². The molecule has 0 saturated heterocycles. The van der Waals surface area contributed by atoms with Crippen molar-refractivity contribution in [1.82, 2.24) is 9.97 Å². The average Bonchev–Trinajstić information content (AvgIpc) is 3.24. The summed E-state index contributed by atoms with van der Waals surface area (Å²) >= 11 is 7.84. The monoisotopic (exact) mass is 424 g/mol. The Labute approximate surface area is 176 Å². The number of fused-ring (bicyclic) bond motifs is 1. The van der Waals surface area contributed by atoms with E-state index in [0.717, 1.165) is 16.5 Å². The van der Waals surface area contributed by atoms with Gasteiger partial charge in [-0.25, -0.2) is 9.78 Å². The van der Waals surface area contributed by atoms with Crippen molar-refractivity contribution in [3.63, 3.8) is 0 Å². The zero-order valence-electron chi connectivity index (χ0n) is 15.2. The van der Waals surface area contributed by atoms with Crippen LogP contribution in [0.1, 0.15) is 20.8 Å². The van der Waals surface area contributed by atoms with Gasteiger partial charge in [-0.15, -0.1) is 11.3 Å². The molecule has 4 rings (SSSR count). The van der Waals surface area contributed by atoms with Crippen molar-refractivity contribution in [2.24, 2.45) is 0 Å². The predicted molar refractivity (Wildman–Crippen MR) is 117 cm³/mol. The second-order valence-corrected chi connectivity index (χ2v) is 7.81. The molecule has 0 radical (unpaired) electrons. The third-order valence-corrected chi connectivity index (χ3v) is 5.43. The first kappa shape index (κ1) is 19.2. The number of benzene rings is 2. The van der Waals surface area contributed by atoms with Gasteiger partial charge in [-0.05, 0) is 47.3 Å². The van der Waals surface area contributed by atoms with E-state index in [1.54, 1.807) is 41.7 Å². The normalized spacial score (nSPS) is 10.8. The number of anilines is 2. The zero-order valence-corrected chi connectivity index (χ0v) is 16.8. The van der Waals surface area contributed by atoms with E-state index in [9.17, 15) is 4.79 Å². The Morgan fingerprint density at radius 3 is 2.59 bits per heavy atom.